The average molecular weight is 446 g/mol. The van der Waals surface area contributed by atoms with Gasteiger partial charge in [-0.05, 0) is 69.2 Å². The van der Waals surface area contributed by atoms with Gasteiger partial charge >= 0.3 is 0 Å². The number of nitrogens with one attached hydrogen (secondary N) is 1. The van der Waals surface area contributed by atoms with Crippen LogP contribution in [-0.4, -0.2) is 21.9 Å². The van der Waals surface area contributed by atoms with Crippen molar-refractivity contribution in [1.29, 1.82) is 0 Å². The molecule has 158 valence electrons. The highest BCUT2D eigenvalue weighted by Crippen LogP contribution is 2.38. The van der Waals surface area contributed by atoms with Crippen LogP contribution in [0.15, 0.2) is 69.3 Å². The molecule has 0 radical (unpaired) electrons. The molecule has 8 heteroatoms. The van der Waals surface area contributed by atoms with E-state index in [0.717, 1.165) is 11.1 Å². The first-order valence-corrected chi connectivity index (χ1v) is 12.1. The smallest absolute Gasteiger partial charge is 0.261 e. The second-order valence-electron chi connectivity index (χ2n) is 7.28. The molecule has 30 heavy (non-hydrogen) atoms. The van der Waals surface area contributed by atoms with E-state index in [1.165, 1.54) is 37.3 Å². The van der Waals surface area contributed by atoms with Gasteiger partial charge in [0.2, 0.25) is 9.84 Å². The fraction of sp³-hybridized carbons (Fsp3) is 0.182. The molecule has 2 N–H and O–H groups in total. The second kappa shape index (κ2) is 7.77. The maximum Gasteiger partial charge on any atom is 0.261 e. The third kappa shape index (κ3) is 4.06. The van der Waals surface area contributed by atoms with Gasteiger partial charge in [-0.3, -0.25) is 4.72 Å². The van der Waals surface area contributed by atoms with Crippen molar-refractivity contribution in [3.8, 4) is 5.75 Å². The van der Waals surface area contributed by atoms with Crippen molar-refractivity contribution in [3.63, 3.8) is 0 Å². The summed E-state index contributed by atoms with van der Waals surface area (Å²) < 4.78 is 54.6. The van der Waals surface area contributed by atoms with Crippen molar-refractivity contribution in [3.05, 3.63) is 76.9 Å². The molecule has 0 fully saturated rings. The molecule has 6 nitrogen and oxygen atoms in total. The third-order valence-electron chi connectivity index (χ3n) is 4.86. The number of phenols is 1. The van der Waals surface area contributed by atoms with E-state index < -0.39 is 25.6 Å². The Bertz CT molecular complexity index is 1310. The van der Waals surface area contributed by atoms with E-state index in [0.29, 0.717) is 5.56 Å². The van der Waals surface area contributed by atoms with Crippen LogP contribution in [0.2, 0.25) is 0 Å². The first-order chi connectivity index (χ1) is 13.9. The predicted octanol–water partition coefficient (Wildman–Crippen LogP) is 4.26. The molecular weight excluding hydrogens is 422 g/mol. The highest BCUT2D eigenvalue weighted by Gasteiger charge is 2.28. The Morgan fingerprint density at radius 3 is 1.70 bits per heavy atom. The summed E-state index contributed by atoms with van der Waals surface area (Å²) in [5.74, 6) is -0.427. The Morgan fingerprint density at radius 2 is 1.20 bits per heavy atom. The number of benzene rings is 3. The van der Waals surface area contributed by atoms with Crippen LogP contribution in [0.25, 0.3) is 0 Å². The quantitative estimate of drug-likeness (QED) is 0.572. The molecule has 0 spiro atoms. The molecule has 0 aromatic heterocycles. The van der Waals surface area contributed by atoms with Crippen molar-refractivity contribution in [2.24, 2.45) is 0 Å². The van der Waals surface area contributed by atoms with Crippen LogP contribution in [0, 0.1) is 27.7 Å². The molecule has 0 aliphatic rings. The zero-order chi connectivity index (χ0) is 22.3. The normalized spacial score (nSPS) is 12.0. The molecule has 0 atom stereocenters. The van der Waals surface area contributed by atoms with Gasteiger partial charge in [0.1, 0.15) is 10.6 Å². The van der Waals surface area contributed by atoms with Crippen LogP contribution < -0.4 is 4.72 Å². The number of sulfone groups is 1. The van der Waals surface area contributed by atoms with Gasteiger partial charge in [-0.2, -0.15) is 0 Å². The molecule has 0 aliphatic carbocycles. The minimum atomic E-state index is -4.07. The lowest BCUT2D eigenvalue weighted by molar-refractivity contribution is 0.457. The number of sulfonamides is 1. The molecular formula is C22H23NO5S2. The lowest BCUT2D eigenvalue weighted by Crippen LogP contribution is -2.16. The molecule has 0 amide bonds. The highest BCUT2D eigenvalue weighted by molar-refractivity contribution is 7.93. The highest BCUT2D eigenvalue weighted by atomic mass is 32.2. The third-order valence-corrected chi connectivity index (χ3v) is 8.17. The first kappa shape index (κ1) is 21.9. The summed E-state index contributed by atoms with van der Waals surface area (Å²) in [5, 5.41) is 10.4. The summed E-state index contributed by atoms with van der Waals surface area (Å²) in [6.07, 6.45) is 0. The fourth-order valence-corrected chi connectivity index (χ4v) is 5.95. The summed E-state index contributed by atoms with van der Waals surface area (Å²) in [6.45, 7) is 6.76. The second-order valence-corrected chi connectivity index (χ2v) is 10.8. The zero-order valence-electron chi connectivity index (χ0n) is 17.1. The van der Waals surface area contributed by atoms with Crippen LogP contribution in [0.1, 0.15) is 22.3 Å². The SMILES string of the molecule is Cc1ccc(S(=O)(=O)Nc2c(C)cc(O)c(S(=O)(=O)c3ccc(C)cc3)c2C)cc1. The number of hydrogen-bond donors (Lipinski definition) is 2. The van der Waals surface area contributed by atoms with E-state index in [1.54, 1.807) is 31.2 Å². The van der Waals surface area contributed by atoms with Gasteiger partial charge in [-0.1, -0.05) is 35.4 Å². The lowest BCUT2D eigenvalue weighted by Gasteiger charge is -2.18. The van der Waals surface area contributed by atoms with E-state index in [2.05, 4.69) is 4.72 Å². The van der Waals surface area contributed by atoms with Crippen molar-refractivity contribution in [2.75, 3.05) is 4.72 Å². The van der Waals surface area contributed by atoms with Crippen molar-refractivity contribution < 1.29 is 21.9 Å². The summed E-state index contributed by atoms with van der Waals surface area (Å²) in [4.78, 5) is -0.246. The topological polar surface area (TPSA) is 101 Å². The standard InChI is InChI=1S/C22H23NO5S2/c1-14-5-9-18(10-6-14)29(25,26)22-17(4)21(16(3)13-20(22)24)23-30(27,28)19-11-7-15(2)8-12-19/h5-13,23-24H,1-4H3. The van der Waals surface area contributed by atoms with Crippen molar-refractivity contribution in [2.45, 2.75) is 42.4 Å². The maximum absolute atomic E-state index is 13.2. The lowest BCUT2D eigenvalue weighted by atomic mass is 10.1. The van der Waals surface area contributed by atoms with Gasteiger partial charge < -0.3 is 5.11 Å². The summed E-state index contributed by atoms with van der Waals surface area (Å²) in [7, 11) is -8.01. The van der Waals surface area contributed by atoms with E-state index in [-0.39, 0.29) is 25.9 Å². The molecule has 3 aromatic carbocycles. The molecule has 0 heterocycles. The number of aromatic hydroxyl groups is 1. The molecule has 0 saturated carbocycles. The van der Waals surface area contributed by atoms with E-state index >= 15 is 0 Å². The zero-order valence-corrected chi connectivity index (χ0v) is 18.7. The summed E-state index contributed by atoms with van der Waals surface area (Å²) in [6, 6.07) is 13.8. The van der Waals surface area contributed by atoms with Crippen LogP contribution >= 0.6 is 0 Å². The van der Waals surface area contributed by atoms with Gasteiger partial charge in [0.15, 0.2) is 0 Å². The number of anilines is 1. The van der Waals surface area contributed by atoms with Gasteiger partial charge in [0, 0.05) is 0 Å². The summed E-state index contributed by atoms with van der Waals surface area (Å²) >= 11 is 0. The van der Waals surface area contributed by atoms with Crippen molar-refractivity contribution in [1.82, 2.24) is 0 Å². The Morgan fingerprint density at radius 1 is 0.733 bits per heavy atom. The number of phenolic OH excluding ortho intramolecular Hbond substituents is 1. The Kier molecular flexibility index (Phi) is 5.66. The van der Waals surface area contributed by atoms with Gasteiger partial charge in [0.05, 0.1) is 15.5 Å². The van der Waals surface area contributed by atoms with Gasteiger partial charge in [0.25, 0.3) is 10.0 Å². The minimum Gasteiger partial charge on any atom is -0.507 e. The average Bonchev–Trinajstić information content (AvgIpc) is 2.65. The van der Waals surface area contributed by atoms with Crippen LogP contribution in [-0.2, 0) is 19.9 Å². The van der Waals surface area contributed by atoms with Gasteiger partial charge in [-0.25, -0.2) is 16.8 Å². The van der Waals surface area contributed by atoms with Crippen LogP contribution in [0.3, 0.4) is 0 Å². The largest absolute Gasteiger partial charge is 0.507 e. The molecule has 0 unspecified atom stereocenters. The molecule has 3 rings (SSSR count). The molecule has 0 aliphatic heterocycles. The van der Waals surface area contributed by atoms with E-state index in [1.807, 2.05) is 13.8 Å². The summed E-state index contributed by atoms with van der Waals surface area (Å²) in [5.41, 5.74) is 2.47. The molecule has 3 aromatic rings. The monoisotopic (exact) mass is 445 g/mol. The van der Waals surface area contributed by atoms with E-state index in [9.17, 15) is 21.9 Å². The van der Waals surface area contributed by atoms with Crippen molar-refractivity contribution >= 4 is 25.5 Å². The Labute approximate surface area is 177 Å². The predicted molar refractivity (Wildman–Crippen MR) is 116 cm³/mol. The fourth-order valence-electron chi connectivity index (χ4n) is 3.19. The number of hydrogen-bond acceptors (Lipinski definition) is 5. The van der Waals surface area contributed by atoms with Gasteiger partial charge in [-0.15, -0.1) is 0 Å². The molecule has 0 bridgehead atoms. The Balaban J connectivity index is 2.14. The van der Waals surface area contributed by atoms with E-state index in [4.69, 9.17) is 0 Å². The van der Waals surface area contributed by atoms with Crippen LogP contribution in [0.4, 0.5) is 5.69 Å². The maximum atomic E-state index is 13.2. The Hall–Kier alpha value is -2.84. The first-order valence-electron chi connectivity index (χ1n) is 9.18. The number of rotatable bonds is 5. The minimum absolute atomic E-state index is 0.0164. The van der Waals surface area contributed by atoms with Crippen LogP contribution in [0.5, 0.6) is 5.75 Å². The molecule has 0 saturated heterocycles. The number of aryl methyl sites for hydroxylation is 3.